The van der Waals surface area contributed by atoms with Crippen molar-refractivity contribution in [2.24, 2.45) is 0 Å². The van der Waals surface area contributed by atoms with E-state index in [9.17, 15) is 4.79 Å². The first-order chi connectivity index (χ1) is 12.0. The van der Waals surface area contributed by atoms with Crippen LogP contribution in [0.1, 0.15) is 86.0 Å². The van der Waals surface area contributed by atoms with Crippen LogP contribution < -0.4 is 0 Å². The van der Waals surface area contributed by atoms with E-state index in [1.165, 1.54) is 35.1 Å². The third kappa shape index (κ3) is 3.20. The average Bonchev–Trinajstić information content (AvgIpc) is 3.00. The number of H-pyrrole nitrogens is 1. The molecule has 138 valence electrons. The third-order valence-electron chi connectivity index (χ3n) is 5.79. The summed E-state index contributed by atoms with van der Waals surface area (Å²) in [6.45, 7) is 13.5. The first-order valence-electron chi connectivity index (χ1n) is 9.14. The van der Waals surface area contributed by atoms with Crippen LogP contribution in [0.4, 0.5) is 0 Å². The number of imidazole rings is 1. The number of carboxylic acids is 1. The summed E-state index contributed by atoms with van der Waals surface area (Å²) >= 11 is 0. The molecule has 0 atom stereocenters. The maximum atomic E-state index is 11.0. The number of carboxylic acid groups (broad SMARTS) is 1. The molecule has 0 saturated carbocycles. The number of hydrogen-bond donors (Lipinski definition) is 2. The molecule has 0 fully saturated rings. The Balaban J connectivity index is 2.08. The van der Waals surface area contributed by atoms with E-state index in [1.54, 1.807) is 6.20 Å². The summed E-state index contributed by atoms with van der Waals surface area (Å²) in [5.74, 6) is -1.08. The predicted molar refractivity (Wildman–Crippen MR) is 106 cm³/mol. The fourth-order valence-electron chi connectivity index (χ4n) is 3.98. The number of nitrogens with zero attached hydrogens (tertiary/aromatic N) is 1. The molecule has 0 amide bonds. The summed E-state index contributed by atoms with van der Waals surface area (Å²) in [6.07, 6.45) is 5.91. The first kappa shape index (κ1) is 18.4. The van der Waals surface area contributed by atoms with Gasteiger partial charge in [0, 0.05) is 0 Å². The molecule has 0 spiro atoms. The molecule has 0 unspecified atom stereocenters. The molecular formula is C22H28N2O2. The number of allylic oxidation sites excluding steroid dienone is 1. The van der Waals surface area contributed by atoms with Gasteiger partial charge in [-0.25, -0.2) is 9.78 Å². The highest BCUT2D eigenvalue weighted by Gasteiger charge is 2.37. The van der Waals surface area contributed by atoms with Gasteiger partial charge in [-0.2, -0.15) is 0 Å². The summed E-state index contributed by atoms with van der Waals surface area (Å²) in [5.41, 5.74) is 7.52. The SMILES string of the molecule is C/C(=C\c1cnc(C(=O)O)[nH]1)c1cc2c(cc1C)C(C)(C)CCC2(C)C. The second-order valence-electron chi connectivity index (χ2n) is 8.80. The highest BCUT2D eigenvalue weighted by atomic mass is 16.4. The van der Waals surface area contributed by atoms with Crippen LogP contribution in [0, 0.1) is 6.92 Å². The Morgan fingerprint density at radius 3 is 2.27 bits per heavy atom. The fourth-order valence-corrected chi connectivity index (χ4v) is 3.98. The van der Waals surface area contributed by atoms with E-state index in [0.29, 0.717) is 5.69 Å². The first-order valence-corrected chi connectivity index (χ1v) is 9.14. The van der Waals surface area contributed by atoms with Crippen LogP contribution in [-0.2, 0) is 10.8 Å². The smallest absolute Gasteiger partial charge is 0.371 e. The predicted octanol–water partition coefficient (Wildman–Crippen LogP) is 5.33. The van der Waals surface area contributed by atoms with Gasteiger partial charge in [0.2, 0.25) is 5.82 Å². The second-order valence-corrected chi connectivity index (χ2v) is 8.80. The molecule has 2 N–H and O–H groups in total. The molecule has 26 heavy (non-hydrogen) atoms. The zero-order valence-corrected chi connectivity index (χ0v) is 16.5. The van der Waals surface area contributed by atoms with Crippen LogP contribution in [-0.4, -0.2) is 21.0 Å². The summed E-state index contributed by atoms with van der Waals surface area (Å²) in [7, 11) is 0. The van der Waals surface area contributed by atoms with Gasteiger partial charge in [0.1, 0.15) is 0 Å². The number of aromatic nitrogens is 2. The van der Waals surface area contributed by atoms with E-state index < -0.39 is 5.97 Å². The van der Waals surface area contributed by atoms with Crippen molar-refractivity contribution in [1.29, 1.82) is 0 Å². The largest absolute Gasteiger partial charge is 0.475 e. The standard InChI is InChI=1S/C22H28N2O2/c1-13(9-15-12-23-19(24-15)20(25)26)16-11-18-17(10-14(16)2)21(3,4)7-8-22(18,5)6/h9-12H,7-8H2,1-6H3,(H,23,24)(H,25,26)/b13-9+. The molecule has 1 aliphatic rings. The Morgan fingerprint density at radius 2 is 1.73 bits per heavy atom. The fraction of sp³-hybridized carbons (Fsp3) is 0.455. The van der Waals surface area contributed by atoms with Crippen molar-refractivity contribution in [1.82, 2.24) is 9.97 Å². The number of carbonyl (C=O) groups is 1. The third-order valence-corrected chi connectivity index (χ3v) is 5.79. The van der Waals surface area contributed by atoms with Gasteiger partial charge >= 0.3 is 5.97 Å². The lowest BCUT2D eigenvalue weighted by atomic mass is 9.62. The van der Waals surface area contributed by atoms with E-state index in [2.05, 4.69) is 63.6 Å². The molecule has 1 heterocycles. The molecule has 0 bridgehead atoms. The summed E-state index contributed by atoms with van der Waals surface area (Å²) in [5, 5.41) is 9.02. The van der Waals surface area contributed by atoms with Gasteiger partial charge in [-0.1, -0.05) is 39.8 Å². The van der Waals surface area contributed by atoms with Gasteiger partial charge in [-0.05, 0) is 71.4 Å². The van der Waals surface area contributed by atoms with Crippen molar-refractivity contribution in [2.45, 2.75) is 65.2 Å². The minimum atomic E-state index is -1.05. The summed E-state index contributed by atoms with van der Waals surface area (Å²) in [4.78, 5) is 17.7. The van der Waals surface area contributed by atoms with Crippen molar-refractivity contribution in [3.63, 3.8) is 0 Å². The van der Waals surface area contributed by atoms with Crippen molar-refractivity contribution < 1.29 is 9.90 Å². The molecule has 1 aromatic carbocycles. The van der Waals surface area contributed by atoms with Crippen LogP contribution in [0.2, 0.25) is 0 Å². The highest BCUT2D eigenvalue weighted by molar-refractivity contribution is 5.85. The van der Waals surface area contributed by atoms with E-state index in [4.69, 9.17) is 5.11 Å². The molecule has 1 aliphatic carbocycles. The Hall–Kier alpha value is -2.36. The monoisotopic (exact) mass is 352 g/mol. The van der Waals surface area contributed by atoms with Gasteiger partial charge in [0.15, 0.2) is 0 Å². The van der Waals surface area contributed by atoms with E-state index in [-0.39, 0.29) is 16.7 Å². The molecule has 3 rings (SSSR count). The van der Waals surface area contributed by atoms with Crippen molar-refractivity contribution in [3.05, 3.63) is 52.1 Å². The van der Waals surface area contributed by atoms with Crippen LogP contribution in [0.3, 0.4) is 0 Å². The number of nitrogens with one attached hydrogen (secondary N) is 1. The topological polar surface area (TPSA) is 66.0 Å². The molecule has 2 aromatic rings. The zero-order valence-electron chi connectivity index (χ0n) is 16.5. The van der Waals surface area contributed by atoms with E-state index in [0.717, 1.165) is 5.57 Å². The molecule has 0 saturated heterocycles. The average molecular weight is 352 g/mol. The highest BCUT2D eigenvalue weighted by Crippen LogP contribution is 2.47. The number of hydrogen-bond acceptors (Lipinski definition) is 2. The quantitative estimate of drug-likeness (QED) is 0.785. The van der Waals surface area contributed by atoms with Gasteiger partial charge in [0.25, 0.3) is 0 Å². The number of aromatic carboxylic acids is 1. The maximum Gasteiger partial charge on any atom is 0.371 e. The molecule has 4 heteroatoms. The van der Waals surface area contributed by atoms with Crippen molar-refractivity contribution in [3.8, 4) is 0 Å². The molecule has 1 aromatic heterocycles. The van der Waals surface area contributed by atoms with E-state index in [1.807, 2.05) is 6.08 Å². The normalized spacial score (nSPS) is 18.5. The lowest BCUT2D eigenvalue weighted by Gasteiger charge is -2.42. The Morgan fingerprint density at radius 1 is 1.15 bits per heavy atom. The van der Waals surface area contributed by atoms with Gasteiger partial charge in [-0.15, -0.1) is 0 Å². The van der Waals surface area contributed by atoms with Crippen LogP contribution in [0.25, 0.3) is 11.6 Å². The number of benzene rings is 1. The van der Waals surface area contributed by atoms with Crippen LogP contribution >= 0.6 is 0 Å². The number of aryl methyl sites for hydroxylation is 1. The number of fused-ring (bicyclic) bond motifs is 1. The van der Waals surface area contributed by atoms with Gasteiger partial charge < -0.3 is 10.1 Å². The molecular weight excluding hydrogens is 324 g/mol. The van der Waals surface area contributed by atoms with E-state index >= 15 is 0 Å². The molecule has 4 nitrogen and oxygen atoms in total. The number of rotatable bonds is 3. The Labute approximate surface area is 155 Å². The van der Waals surface area contributed by atoms with Gasteiger partial charge in [0.05, 0.1) is 11.9 Å². The second kappa shape index (κ2) is 6.11. The summed E-state index contributed by atoms with van der Waals surface area (Å²) in [6, 6.07) is 4.68. The number of aromatic amines is 1. The lowest BCUT2D eigenvalue weighted by molar-refractivity contribution is 0.0684. The Bertz CT molecular complexity index is 901. The minimum Gasteiger partial charge on any atom is -0.475 e. The van der Waals surface area contributed by atoms with Crippen LogP contribution in [0.5, 0.6) is 0 Å². The van der Waals surface area contributed by atoms with Crippen molar-refractivity contribution in [2.75, 3.05) is 0 Å². The zero-order chi connectivity index (χ0) is 19.3. The molecule has 0 aliphatic heterocycles. The van der Waals surface area contributed by atoms with Crippen LogP contribution in [0.15, 0.2) is 18.3 Å². The minimum absolute atomic E-state index is 0.0332. The van der Waals surface area contributed by atoms with Gasteiger partial charge in [-0.3, -0.25) is 0 Å². The summed E-state index contributed by atoms with van der Waals surface area (Å²) < 4.78 is 0. The van der Waals surface area contributed by atoms with Crippen molar-refractivity contribution >= 4 is 17.6 Å². The maximum absolute atomic E-state index is 11.0. The lowest BCUT2D eigenvalue weighted by Crippen LogP contribution is -2.34. The Kier molecular flexibility index (Phi) is 4.33. The molecule has 0 radical (unpaired) electrons.